The number of ether oxygens (including phenoxy) is 2. The number of benzene rings is 4. The van der Waals surface area contributed by atoms with Gasteiger partial charge in [0.05, 0.1) is 49.0 Å². The summed E-state index contributed by atoms with van der Waals surface area (Å²) in [5.41, 5.74) is 15.0. The number of Topliss-reactive ketones (excluding diaryl/α,β-unsaturated/α-hetero) is 2. The van der Waals surface area contributed by atoms with Gasteiger partial charge in [0.1, 0.15) is 23.5 Å². The summed E-state index contributed by atoms with van der Waals surface area (Å²) >= 11 is 0. The van der Waals surface area contributed by atoms with Crippen LogP contribution in [0.4, 0.5) is 0 Å². The first-order valence-electron chi connectivity index (χ1n) is 37.0. The minimum Gasteiger partial charge on any atom is -0.384 e. The Labute approximate surface area is 614 Å². The van der Waals surface area contributed by atoms with E-state index in [9.17, 15) is 55.2 Å². The van der Waals surface area contributed by atoms with Gasteiger partial charge in [0, 0.05) is 94.9 Å². The zero-order valence-corrected chi connectivity index (χ0v) is 61.8. The van der Waals surface area contributed by atoms with Crippen molar-refractivity contribution in [3.63, 3.8) is 0 Å². The molecule has 0 saturated heterocycles. The largest absolute Gasteiger partial charge is 0.384 e. The number of sulfonamides is 1. The normalized spacial score (nSPS) is 14.7. The zero-order valence-electron chi connectivity index (χ0n) is 60.2. The molecule has 4 aromatic rings. The lowest BCUT2D eigenvalue weighted by Gasteiger charge is -2.27. The highest BCUT2D eigenvalue weighted by Crippen LogP contribution is 2.32. The predicted molar refractivity (Wildman–Crippen MR) is 401 cm³/mol. The van der Waals surface area contributed by atoms with Crippen molar-refractivity contribution in [2.45, 2.75) is 197 Å². The number of rotatable bonds is 51. The number of amidine groups is 2. The summed E-state index contributed by atoms with van der Waals surface area (Å²) in [5, 5.41) is 32.5. The van der Waals surface area contributed by atoms with E-state index in [1.54, 1.807) is 103 Å². The Hall–Kier alpha value is -8.24. The number of nitrogen functional groups attached to an aromatic ring is 2. The summed E-state index contributed by atoms with van der Waals surface area (Å²) in [5.74, 6) is -5.00. The number of unbranched alkanes of at least 4 members (excludes halogenated alkanes) is 2. The van der Waals surface area contributed by atoms with Crippen LogP contribution in [0.1, 0.15) is 194 Å². The highest BCUT2D eigenvalue weighted by molar-refractivity contribution is 7.90. The van der Waals surface area contributed by atoms with Gasteiger partial charge in [-0.15, -0.1) is 0 Å². The van der Waals surface area contributed by atoms with Crippen molar-refractivity contribution in [2.24, 2.45) is 35.1 Å². The number of sulfone groups is 1. The van der Waals surface area contributed by atoms with Gasteiger partial charge < -0.3 is 52.8 Å². The van der Waals surface area contributed by atoms with Crippen LogP contribution < -0.4 is 48.1 Å². The fourth-order valence-corrected chi connectivity index (χ4v) is 16.2. The first-order chi connectivity index (χ1) is 50.0. The molecule has 6 rings (SSSR count). The Morgan fingerprint density at radius 2 is 0.933 bits per heavy atom. The first kappa shape index (κ1) is 84.7. The molecular formula is C77H111N11O14S2. The molecule has 13 N–H and O–H groups in total. The van der Waals surface area contributed by atoms with Crippen LogP contribution in [0, 0.1) is 34.5 Å². The molecule has 2 fully saturated rings. The molecule has 25 nitrogen and oxygen atoms in total. The van der Waals surface area contributed by atoms with E-state index in [-0.39, 0.29) is 173 Å². The van der Waals surface area contributed by atoms with Crippen LogP contribution in [-0.2, 0) is 92.3 Å². The van der Waals surface area contributed by atoms with E-state index in [2.05, 4.69) is 36.6 Å². The van der Waals surface area contributed by atoms with Gasteiger partial charge in [-0.05, 0) is 85.5 Å². The predicted octanol–water partition coefficient (Wildman–Crippen LogP) is 7.54. The lowest BCUT2D eigenvalue weighted by Crippen LogP contribution is -2.49. The number of nitrogens with one attached hydrogen (secondary N) is 9. The molecule has 0 aliphatic heterocycles. The molecule has 0 bridgehead atoms. The van der Waals surface area contributed by atoms with E-state index in [1.807, 2.05) is 6.07 Å². The average molecular weight is 1480 g/mol. The van der Waals surface area contributed by atoms with Crippen molar-refractivity contribution in [1.82, 2.24) is 36.6 Å². The highest BCUT2D eigenvalue weighted by atomic mass is 32.2. The second-order valence-electron chi connectivity index (χ2n) is 27.6. The molecule has 0 radical (unpaired) electrons. The van der Waals surface area contributed by atoms with E-state index in [0.717, 1.165) is 75.3 Å². The third-order valence-corrected chi connectivity index (χ3v) is 22.0. The summed E-state index contributed by atoms with van der Waals surface area (Å²) in [7, 11) is -7.63. The van der Waals surface area contributed by atoms with Gasteiger partial charge in [-0.2, -0.15) is 0 Å². The number of carbonyl (C=O) groups excluding carboxylic acids is 8. The van der Waals surface area contributed by atoms with Gasteiger partial charge in [0.25, 0.3) is 0 Å². The monoisotopic (exact) mass is 1480 g/mol. The minimum absolute atomic E-state index is 0.00441. The van der Waals surface area contributed by atoms with Gasteiger partial charge >= 0.3 is 0 Å². The van der Waals surface area contributed by atoms with Crippen LogP contribution in [0.25, 0.3) is 0 Å². The van der Waals surface area contributed by atoms with Gasteiger partial charge in [0.2, 0.25) is 45.5 Å². The highest BCUT2D eigenvalue weighted by Gasteiger charge is 2.34. The third-order valence-electron chi connectivity index (χ3n) is 19.0. The van der Waals surface area contributed by atoms with Gasteiger partial charge in [-0.25, -0.2) is 21.6 Å². The van der Waals surface area contributed by atoms with Crippen LogP contribution in [0.3, 0.4) is 0 Å². The zero-order chi connectivity index (χ0) is 75.0. The topological polar surface area (TPSA) is 407 Å². The minimum atomic E-state index is -3.92. The molecule has 104 heavy (non-hydrogen) atoms. The average Bonchev–Trinajstić information content (AvgIpc) is 0.826. The molecule has 0 unspecified atom stereocenters. The summed E-state index contributed by atoms with van der Waals surface area (Å²) in [6.45, 7) is 2.04. The molecule has 27 heteroatoms. The Morgan fingerprint density at radius 3 is 1.47 bits per heavy atom. The second kappa shape index (κ2) is 46.6. The Balaban J connectivity index is 0.822. The molecule has 2 saturated carbocycles. The smallest absolute Gasteiger partial charge is 0.242 e. The fraction of sp³-hybridized carbons (Fsp3) is 0.558. The van der Waals surface area contributed by atoms with Crippen LogP contribution in [0.2, 0.25) is 0 Å². The molecule has 4 aromatic carbocycles. The number of amides is 6. The molecule has 0 spiro atoms. The lowest BCUT2D eigenvalue weighted by atomic mass is 9.83. The van der Waals surface area contributed by atoms with Crippen molar-refractivity contribution < 1.29 is 64.7 Å². The van der Waals surface area contributed by atoms with E-state index in [4.69, 9.17) is 31.8 Å². The Morgan fingerprint density at radius 1 is 0.452 bits per heavy atom. The third kappa shape index (κ3) is 34.6. The summed E-state index contributed by atoms with van der Waals surface area (Å²) in [6, 6.07) is 29.3. The quantitative estimate of drug-likeness (QED) is 0.0115. The van der Waals surface area contributed by atoms with Crippen molar-refractivity contribution in [3.8, 4) is 0 Å². The van der Waals surface area contributed by atoms with E-state index in [0.29, 0.717) is 80.2 Å². The molecular weight excluding hydrogens is 1370 g/mol. The van der Waals surface area contributed by atoms with Crippen LogP contribution >= 0.6 is 0 Å². The molecule has 2 aliphatic rings. The molecule has 2 aliphatic carbocycles. The van der Waals surface area contributed by atoms with Crippen molar-refractivity contribution in [2.75, 3.05) is 51.8 Å². The van der Waals surface area contributed by atoms with E-state index in [1.165, 1.54) is 0 Å². The van der Waals surface area contributed by atoms with Gasteiger partial charge in [0.15, 0.2) is 15.6 Å². The summed E-state index contributed by atoms with van der Waals surface area (Å²) < 4.78 is 68.1. The number of hydrogen-bond acceptors (Lipinski definition) is 16. The van der Waals surface area contributed by atoms with E-state index >= 15 is 0 Å². The standard InChI is InChI=1S/C77H111N11O14S2/c78-73(79)62-33-29-58(30-34-62)51-85-75(94)64(50-69(90)68(49-57-20-7-2-8-21-57)88-104(99,100)54-61-24-11-4-12-25-61)26-13-15-41-82-70(91)38-37-66(89)27-17-44-101-46-47-102-45-43-84-72(93)40-39-71(92)83-42-16-14-28-67(77(96)86-52-59-31-35-63(36-32-59)74(80)81)87-76(95)65(48-56-18-5-1-6-19-56)55-103(97,98)53-60-22-9-3-10-23-60/h3-4,9-12,22-25,29-36,56-57,64-65,67-68,88H,1-2,5-8,13-21,26-28,37-55H2,(H3,78,79)(H3,80,81)(H,82,91)(H,83,92)(H,84,93)(H,85,94)(H,86,96)(H,87,95)/t64-,65+,67+,68-/m1/s1. The van der Waals surface area contributed by atoms with Crippen LogP contribution in [-0.4, -0.2) is 139 Å². The molecule has 570 valence electrons. The first-order valence-corrected chi connectivity index (χ1v) is 40.5. The number of hydrogen-bond donors (Lipinski definition) is 11. The summed E-state index contributed by atoms with van der Waals surface area (Å²) in [6.07, 6.45) is 13.4. The lowest BCUT2D eigenvalue weighted by molar-refractivity contribution is -0.131. The maximum Gasteiger partial charge on any atom is 0.242 e. The maximum atomic E-state index is 14.2. The van der Waals surface area contributed by atoms with Crippen molar-refractivity contribution >= 4 is 78.5 Å². The number of nitrogens with two attached hydrogens (primary N) is 2. The molecule has 0 aromatic heterocycles. The van der Waals surface area contributed by atoms with Crippen LogP contribution in [0.5, 0.6) is 0 Å². The molecule has 6 amide bonds. The van der Waals surface area contributed by atoms with Crippen molar-refractivity contribution in [1.29, 1.82) is 10.8 Å². The molecule has 4 atom stereocenters. The molecule has 0 heterocycles. The van der Waals surface area contributed by atoms with Crippen molar-refractivity contribution in [3.05, 3.63) is 143 Å². The van der Waals surface area contributed by atoms with Gasteiger partial charge in [-0.3, -0.25) is 49.2 Å². The maximum absolute atomic E-state index is 14.2. The van der Waals surface area contributed by atoms with Gasteiger partial charge in [-0.1, -0.05) is 180 Å². The Kier molecular flexibility index (Phi) is 37.9. The second-order valence-corrected chi connectivity index (χ2v) is 31.5. The fourth-order valence-electron chi connectivity index (χ4n) is 13.1. The Bertz CT molecular complexity index is 3360. The summed E-state index contributed by atoms with van der Waals surface area (Å²) in [4.78, 5) is 107. The van der Waals surface area contributed by atoms with Crippen LogP contribution in [0.15, 0.2) is 109 Å². The number of carbonyl (C=O) groups is 8. The SMILES string of the molecule is N=C(N)c1ccc(CNC(=O)[C@H](CCCCNC(=O)CCC(=O)CCCOCCOCCNC(=O)CCC(=O)NCCCC[C@H](NC(=O)[C@@H](CC2CCCCC2)CS(=O)(=O)Cc2ccccc2)C(=O)NCc2ccc(C(=N)N)cc2)CC(=O)[C@@H](CC2CCCCC2)NS(=O)(=O)Cc2ccccc2)cc1. The number of ketones is 2. The van der Waals surface area contributed by atoms with E-state index < -0.39 is 55.6 Å².